The highest BCUT2D eigenvalue weighted by Crippen LogP contribution is 2.16. The Balaban J connectivity index is 1.62. The van der Waals surface area contributed by atoms with Gasteiger partial charge in [-0.3, -0.25) is 25.2 Å². The third-order valence-corrected chi connectivity index (χ3v) is 3.96. The van der Waals surface area contributed by atoms with Crippen LogP contribution in [0.2, 0.25) is 0 Å². The van der Waals surface area contributed by atoms with Crippen LogP contribution >= 0.6 is 0 Å². The number of halogens is 1. The van der Waals surface area contributed by atoms with E-state index in [1.807, 2.05) is 0 Å². The summed E-state index contributed by atoms with van der Waals surface area (Å²) in [7, 11) is 0. The fourth-order valence-electron chi connectivity index (χ4n) is 2.56. The molecule has 0 fully saturated rings. The molecule has 0 saturated carbocycles. The molecule has 0 bridgehead atoms. The molecule has 3 aromatic rings. The molecule has 0 saturated heterocycles. The number of para-hydroxylation sites is 1. The summed E-state index contributed by atoms with van der Waals surface area (Å²) < 4.78 is 18.5. The van der Waals surface area contributed by atoms with Gasteiger partial charge < -0.3 is 4.74 Å². The van der Waals surface area contributed by atoms with Crippen LogP contribution in [0.25, 0.3) is 0 Å². The molecule has 6 nitrogen and oxygen atoms in total. The van der Waals surface area contributed by atoms with Gasteiger partial charge in [0.15, 0.2) is 24.0 Å². The van der Waals surface area contributed by atoms with E-state index >= 15 is 0 Å². The van der Waals surface area contributed by atoms with E-state index in [1.165, 1.54) is 30.3 Å². The Morgan fingerprint density at radius 2 is 1.38 bits per heavy atom. The van der Waals surface area contributed by atoms with Gasteiger partial charge in [0.2, 0.25) is 0 Å². The number of amides is 2. The van der Waals surface area contributed by atoms with Gasteiger partial charge in [-0.25, -0.2) is 4.39 Å². The molecule has 0 radical (unpaired) electrons. The highest BCUT2D eigenvalue weighted by molar-refractivity contribution is 6.15. The molecule has 146 valence electrons. The molecule has 3 rings (SSSR count). The highest BCUT2D eigenvalue weighted by atomic mass is 19.1. The molecule has 0 aliphatic rings. The summed E-state index contributed by atoms with van der Waals surface area (Å²) in [6, 6.07) is 20.5. The van der Waals surface area contributed by atoms with Crippen molar-refractivity contribution in [3.63, 3.8) is 0 Å². The van der Waals surface area contributed by atoms with Crippen molar-refractivity contribution < 1.29 is 23.5 Å². The number of rotatable bonds is 6. The predicted molar refractivity (Wildman–Crippen MR) is 104 cm³/mol. The summed E-state index contributed by atoms with van der Waals surface area (Å²) in [4.78, 5) is 37.0. The van der Waals surface area contributed by atoms with E-state index < -0.39 is 24.2 Å². The van der Waals surface area contributed by atoms with Crippen LogP contribution < -0.4 is 15.6 Å². The molecule has 0 aliphatic heterocycles. The van der Waals surface area contributed by atoms with E-state index in [0.717, 1.165) is 0 Å². The van der Waals surface area contributed by atoms with Crippen LogP contribution in [0.3, 0.4) is 0 Å². The minimum Gasteiger partial charge on any atom is -0.481 e. The molecule has 29 heavy (non-hydrogen) atoms. The van der Waals surface area contributed by atoms with E-state index in [4.69, 9.17) is 4.74 Å². The summed E-state index contributed by atoms with van der Waals surface area (Å²) in [6.45, 7) is -0.494. The first-order valence-corrected chi connectivity index (χ1v) is 8.71. The minimum absolute atomic E-state index is 0.0761. The molecule has 0 aromatic heterocycles. The lowest BCUT2D eigenvalue weighted by Crippen LogP contribution is -2.44. The summed E-state index contributed by atoms with van der Waals surface area (Å²) in [5, 5.41) is 0. The van der Waals surface area contributed by atoms with Crippen molar-refractivity contribution in [1.29, 1.82) is 0 Å². The van der Waals surface area contributed by atoms with Crippen molar-refractivity contribution in [3.8, 4) is 5.75 Å². The maximum Gasteiger partial charge on any atom is 0.276 e. The lowest BCUT2D eigenvalue weighted by atomic mass is 9.98. The number of ether oxygens (including phenoxy) is 1. The van der Waals surface area contributed by atoms with Crippen molar-refractivity contribution >= 4 is 17.6 Å². The average Bonchev–Trinajstić information content (AvgIpc) is 2.77. The fourth-order valence-corrected chi connectivity index (χ4v) is 2.56. The van der Waals surface area contributed by atoms with Crippen LogP contribution in [-0.4, -0.2) is 24.2 Å². The number of carbonyl (C=O) groups excluding carboxylic acids is 3. The minimum atomic E-state index is -0.687. The van der Waals surface area contributed by atoms with Crippen LogP contribution in [0.15, 0.2) is 78.9 Å². The molecular weight excluding hydrogens is 375 g/mol. The summed E-state index contributed by atoms with van der Waals surface area (Å²) in [6.07, 6.45) is 0. The normalized spacial score (nSPS) is 10.1. The van der Waals surface area contributed by atoms with Crippen LogP contribution in [0.4, 0.5) is 4.39 Å². The largest absolute Gasteiger partial charge is 0.481 e. The van der Waals surface area contributed by atoms with Gasteiger partial charge in [0, 0.05) is 11.1 Å². The Labute approximate surface area is 166 Å². The first-order valence-electron chi connectivity index (χ1n) is 8.71. The molecule has 2 amide bonds. The predicted octanol–water partition coefficient (Wildman–Crippen LogP) is 2.90. The zero-order valence-corrected chi connectivity index (χ0v) is 15.2. The third-order valence-electron chi connectivity index (χ3n) is 3.96. The van der Waals surface area contributed by atoms with E-state index in [0.29, 0.717) is 5.56 Å². The van der Waals surface area contributed by atoms with E-state index in [-0.39, 0.29) is 22.7 Å². The average molecular weight is 392 g/mol. The topological polar surface area (TPSA) is 84.5 Å². The number of ketones is 1. The Kier molecular flexibility index (Phi) is 6.32. The third kappa shape index (κ3) is 5.04. The maximum absolute atomic E-state index is 13.5. The van der Waals surface area contributed by atoms with Crippen molar-refractivity contribution in [2.45, 2.75) is 0 Å². The zero-order chi connectivity index (χ0) is 20.6. The number of benzene rings is 3. The second kappa shape index (κ2) is 9.27. The molecule has 0 heterocycles. The smallest absolute Gasteiger partial charge is 0.276 e. The lowest BCUT2D eigenvalue weighted by Gasteiger charge is -2.11. The van der Waals surface area contributed by atoms with E-state index in [1.54, 1.807) is 48.5 Å². The van der Waals surface area contributed by atoms with Crippen molar-refractivity contribution in [1.82, 2.24) is 10.9 Å². The van der Waals surface area contributed by atoms with E-state index in [9.17, 15) is 18.8 Å². The summed E-state index contributed by atoms with van der Waals surface area (Å²) in [5.74, 6) is -2.34. The number of hydrogen-bond acceptors (Lipinski definition) is 4. The zero-order valence-electron chi connectivity index (χ0n) is 15.2. The maximum atomic E-state index is 13.5. The number of hydrazine groups is 1. The van der Waals surface area contributed by atoms with Crippen molar-refractivity contribution in [2.75, 3.05) is 6.61 Å². The second-order valence-electron chi connectivity index (χ2n) is 5.96. The number of carbonyl (C=O) groups is 3. The van der Waals surface area contributed by atoms with Gasteiger partial charge in [0.05, 0.1) is 5.56 Å². The molecule has 0 atom stereocenters. The van der Waals surface area contributed by atoms with Gasteiger partial charge in [0.1, 0.15) is 0 Å². The molecule has 2 N–H and O–H groups in total. The van der Waals surface area contributed by atoms with Gasteiger partial charge in [-0.2, -0.15) is 0 Å². The van der Waals surface area contributed by atoms with Gasteiger partial charge in [-0.15, -0.1) is 0 Å². The lowest BCUT2D eigenvalue weighted by molar-refractivity contribution is -0.123. The van der Waals surface area contributed by atoms with Crippen LogP contribution in [0, 0.1) is 5.82 Å². The number of hydrogen-bond donors (Lipinski definition) is 2. The van der Waals surface area contributed by atoms with Crippen LogP contribution in [0.1, 0.15) is 26.3 Å². The summed E-state index contributed by atoms with van der Waals surface area (Å²) >= 11 is 0. The monoisotopic (exact) mass is 392 g/mol. The Hall–Kier alpha value is -4.00. The molecule has 3 aromatic carbocycles. The van der Waals surface area contributed by atoms with Gasteiger partial charge >= 0.3 is 0 Å². The van der Waals surface area contributed by atoms with Crippen LogP contribution in [0.5, 0.6) is 5.75 Å². The van der Waals surface area contributed by atoms with Crippen LogP contribution in [-0.2, 0) is 4.79 Å². The van der Waals surface area contributed by atoms with Gasteiger partial charge in [0.25, 0.3) is 11.8 Å². The Bertz CT molecular complexity index is 1040. The second-order valence-corrected chi connectivity index (χ2v) is 5.96. The molecule has 0 unspecified atom stereocenters. The highest BCUT2D eigenvalue weighted by Gasteiger charge is 2.18. The van der Waals surface area contributed by atoms with E-state index in [2.05, 4.69) is 10.9 Å². The van der Waals surface area contributed by atoms with Gasteiger partial charge in [-0.05, 0) is 18.2 Å². The first kappa shape index (κ1) is 19.8. The SMILES string of the molecule is O=C(COc1ccccc1F)NNC(=O)c1ccccc1C(=O)c1ccccc1. The standard InChI is InChI=1S/C22H17FN2O4/c23-18-12-6-7-13-19(18)29-14-20(26)24-25-22(28)17-11-5-4-10-16(17)21(27)15-8-2-1-3-9-15/h1-13H,14H2,(H,24,26)(H,25,28). The summed E-state index contributed by atoms with van der Waals surface area (Å²) in [5.41, 5.74) is 5.16. The van der Waals surface area contributed by atoms with Gasteiger partial charge in [-0.1, -0.05) is 60.7 Å². The molecule has 0 aliphatic carbocycles. The fraction of sp³-hybridized carbons (Fsp3) is 0.0455. The quantitative estimate of drug-likeness (QED) is 0.499. The van der Waals surface area contributed by atoms with Crippen molar-refractivity contribution in [2.24, 2.45) is 0 Å². The first-order chi connectivity index (χ1) is 14.1. The molecule has 7 heteroatoms. The molecule has 0 spiro atoms. The Morgan fingerprint density at radius 1 is 0.759 bits per heavy atom. The number of nitrogens with one attached hydrogen (secondary N) is 2. The van der Waals surface area contributed by atoms with Crippen molar-refractivity contribution in [3.05, 3.63) is 101 Å². The Morgan fingerprint density at radius 3 is 2.10 bits per heavy atom. The molecular formula is C22H17FN2O4.